The van der Waals surface area contributed by atoms with E-state index >= 15 is 0 Å². The van der Waals surface area contributed by atoms with Gasteiger partial charge in [-0.05, 0) is 177 Å². The van der Waals surface area contributed by atoms with Crippen molar-refractivity contribution in [3.8, 4) is 78.4 Å². The second kappa shape index (κ2) is 23.7. The molecular formula is C96H62N4O. The molecule has 5 heteroatoms. The van der Waals surface area contributed by atoms with Crippen molar-refractivity contribution in [1.29, 1.82) is 0 Å². The Balaban J connectivity index is 0.000000136. The topological polar surface area (TPSA) is 32.9 Å². The molecule has 0 saturated carbocycles. The van der Waals surface area contributed by atoms with Crippen LogP contribution in [0.1, 0.15) is 0 Å². The Hall–Kier alpha value is -13.5. The lowest BCUT2D eigenvalue weighted by molar-refractivity contribution is 0.670. The summed E-state index contributed by atoms with van der Waals surface area (Å²) in [6.07, 6.45) is 0. The molecule has 0 N–H and O–H groups in total. The van der Waals surface area contributed by atoms with Gasteiger partial charge in [-0.3, -0.25) is 0 Å². The molecule has 0 saturated heterocycles. The van der Waals surface area contributed by atoms with Crippen molar-refractivity contribution in [2.24, 2.45) is 0 Å². The molecule has 0 spiro atoms. The van der Waals surface area contributed by atoms with Crippen molar-refractivity contribution < 1.29 is 4.42 Å². The summed E-state index contributed by atoms with van der Waals surface area (Å²) < 4.78 is 15.9. The van der Waals surface area contributed by atoms with E-state index in [1.165, 1.54) is 137 Å². The third kappa shape index (κ3) is 9.62. The van der Waals surface area contributed by atoms with Gasteiger partial charge in [0.25, 0.3) is 0 Å². The van der Waals surface area contributed by atoms with Gasteiger partial charge in [-0.2, -0.15) is 0 Å². The molecule has 0 fully saturated rings. The third-order valence-electron chi connectivity index (χ3n) is 20.7. The zero-order valence-electron chi connectivity index (χ0n) is 55.0. The van der Waals surface area contributed by atoms with Crippen LogP contribution >= 0.6 is 0 Å². The maximum absolute atomic E-state index is 6.36. The van der Waals surface area contributed by atoms with Gasteiger partial charge in [0.2, 0.25) is 0 Å². The summed E-state index contributed by atoms with van der Waals surface area (Å²) in [5.41, 5.74) is 28.1. The molecule has 0 amide bonds. The van der Waals surface area contributed by atoms with E-state index in [2.05, 4.69) is 382 Å². The van der Waals surface area contributed by atoms with Crippen LogP contribution in [0.5, 0.6) is 0 Å². The second-order valence-electron chi connectivity index (χ2n) is 26.3. The molecule has 0 aliphatic carbocycles. The fourth-order valence-corrected chi connectivity index (χ4v) is 15.9. The highest BCUT2D eigenvalue weighted by atomic mass is 16.3. The molecule has 0 aliphatic heterocycles. The molecule has 0 radical (unpaired) electrons. The Bertz CT molecular complexity index is 6770. The van der Waals surface area contributed by atoms with Crippen LogP contribution in [0, 0.1) is 0 Å². The zero-order valence-corrected chi connectivity index (χ0v) is 55.0. The first-order valence-electron chi connectivity index (χ1n) is 34.6. The summed E-state index contributed by atoms with van der Waals surface area (Å²) in [6.45, 7) is 0. The Labute approximate surface area is 582 Å². The van der Waals surface area contributed by atoms with Crippen molar-refractivity contribution >= 4 is 109 Å². The molecule has 0 unspecified atom stereocenters. The summed E-state index contributed by atoms with van der Waals surface area (Å²) in [5, 5.41) is 12.3. The maximum atomic E-state index is 6.36. The lowest BCUT2D eigenvalue weighted by atomic mass is 9.99. The predicted molar refractivity (Wildman–Crippen MR) is 425 cm³/mol. The van der Waals surface area contributed by atoms with Crippen LogP contribution in [0.25, 0.3) is 188 Å². The van der Waals surface area contributed by atoms with Crippen molar-refractivity contribution in [3.63, 3.8) is 0 Å². The number of benzene rings is 16. The zero-order chi connectivity index (χ0) is 66.5. The van der Waals surface area contributed by atoms with E-state index in [9.17, 15) is 0 Å². The van der Waals surface area contributed by atoms with Crippen molar-refractivity contribution in [2.45, 2.75) is 0 Å². The molecule has 21 aromatic rings. The molecular weight excluding hydrogens is 1230 g/mol. The summed E-state index contributed by atoms with van der Waals surface area (Å²) in [6, 6.07) is 136. The fraction of sp³-hybridized carbons (Fsp3) is 0. The molecule has 101 heavy (non-hydrogen) atoms. The first kappa shape index (κ1) is 57.7. The molecule has 0 bridgehead atoms. The van der Waals surface area contributed by atoms with Gasteiger partial charge in [-0.15, -0.1) is 0 Å². The number of furan rings is 1. The Morgan fingerprint density at radius 2 is 0.455 bits per heavy atom. The Morgan fingerprint density at radius 1 is 0.158 bits per heavy atom. The molecule has 5 nitrogen and oxygen atoms in total. The molecule has 0 aliphatic rings. The summed E-state index contributed by atoms with van der Waals surface area (Å²) in [4.78, 5) is 0. The van der Waals surface area contributed by atoms with E-state index in [1.54, 1.807) is 0 Å². The first-order chi connectivity index (χ1) is 50.1. The number of hydrogen-bond acceptors (Lipinski definition) is 1. The van der Waals surface area contributed by atoms with Gasteiger partial charge in [-0.1, -0.05) is 249 Å². The quantitative estimate of drug-likeness (QED) is 0.142. The van der Waals surface area contributed by atoms with E-state index in [0.29, 0.717) is 0 Å². The van der Waals surface area contributed by atoms with Crippen LogP contribution in [0.4, 0.5) is 0 Å². The molecule has 5 aromatic heterocycles. The Kier molecular flexibility index (Phi) is 13.5. The minimum absolute atomic E-state index is 0.917. The van der Waals surface area contributed by atoms with Crippen LogP contribution < -0.4 is 0 Å². The van der Waals surface area contributed by atoms with Gasteiger partial charge >= 0.3 is 0 Å². The monoisotopic (exact) mass is 1290 g/mol. The summed E-state index contributed by atoms with van der Waals surface area (Å²) in [7, 11) is 0. The van der Waals surface area contributed by atoms with E-state index in [4.69, 9.17) is 4.42 Å². The number of hydrogen-bond donors (Lipinski definition) is 0. The first-order valence-corrected chi connectivity index (χ1v) is 34.6. The number of nitrogens with zero attached hydrogens (tertiary/aromatic N) is 4. The normalized spacial score (nSPS) is 11.8. The highest BCUT2D eigenvalue weighted by molar-refractivity contribution is 6.16. The van der Waals surface area contributed by atoms with Gasteiger partial charge < -0.3 is 22.7 Å². The largest absolute Gasteiger partial charge is 0.455 e. The van der Waals surface area contributed by atoms with Crippen LogP contribution in [0.15, 0.2) is 381 Å². The highest BCUT2D eigenvalue weighted by Gasteiger charge is 2.21. The van der Waals surface area contributed by atoms with Crippen LogP contribution in [-0.4, -0.2) is 18.3 Å². The van der Waals surface area contributed by atoms with Gasteiger partial charge in [0.15, 0.2) is 0 Å². The number of aromatic nitrogens is 4. The van der Waals surface area contributed by atoms with Gasteiger partial charge in [-0.25, -0.2) is 0 Å². The lowest BCUT2D eigenvalue weighted by Crippen LogP contribution is -1.94. The third-order valence-corrected chi connectivity index (χ3v) is 20.7. The molecule has 472 valence electrons. The average molecular weight is 1290 g/mol. The SMILES string of the molecule is c1ccc(-c2ccc(-n3c4ccccc4c4cc(-c5ccc6c(c5)c5ccc(-c7ccccc7)cc5n6-c5ccccc5)ccc43)cc2)cc1.c1ccc(-n2c3ccccc3c3cc(-c4ccc5c(c4)c4ccccc4n5-c4ccc(-c5cccc6c5oc5ccccc56)cc4)ccc32)cc1. The Morgan fingerprint density at radius 3 is 0.911 bits per heavy atom. The highest BCUT2D eigenvalue weighted by Crippen LogP contribution is 2.43. The number of rotatable bonds is 9. The van der Waals surface area contributed by atoms with Crippen molar-refractivity contribution in [2.75, 3.05) is 0 Å². The predicted octanol–water partition coefficient (Wildman–Crippen LogP) is 26.0. The summed E-state index contributed by atoms with van der Waals surface area (Å²) in [5.74, 6) is 0. The van der Waals surface area contributed by atoms with Crippen LogP contribution in [0.3, 0.4) is 0 Å². The minimum Gasteiger partial charge on any atom is -0.455 e. The van der Waals surface area contributed by atoms with Crippen molar-refractivity contribution in [1.82, 2.24) is 18.3 Å². The maximum Gasteiger partial charge on any atom is 0.143 e. The standard InChI is InChI=1S/C48H30N2O.C48H32N2/c1-2-11-34(12-3-1)49-43-18-7-4-13-37(43)41-29-32(23-27-45(41)49)33-24-28-46-42(30-33)38-14-5-8-19-44(38)50(46)35-25-21-31(22-26-35)36-16-10-17-40-39-15-6-9-20-47(39)51-48(36)40;1-4-12-33(13-5-1)35-20-25-40(26-21-35)49-45-19-11-10-18-41(45)43-30-36(23-28-46(43)49)37-24-29-47-44(31-37)42-27-22-38(34-14-6-2-7-15-34)32-48(42)50(47)39-16-8-3-9-17-39/h1-30H;1-32H. The lowest BCUT2D eigenvalue weighted by Gasteiger charge is -2.10. The van der Waals surface area contributed by atoms with Gasteiger partial charge in [0, 0.05) is 82.2 Å². The van der Waals surface area contributed by atoms with Crippen molar-refractivity contribution in [3.05, 3.63) is 376 Å². The molecule has 21 rings (SSSR count). The van der Waals surface area contributed by atoms with Crippen LogP contribution in [-0.2, 0) is 0 Å². The van der Waals surface area contributed by atoms with E-state index in [1.807, 2.05) is 12.1 Å². The summed E-state index contributed by atoms with van der Waals surface area (Å²) >= 11 is 0. The van der Waals surface area contributed by atoms with Gasteiger partial charge in [0.1, 0.15) is 11.2 Å². The number of para-hydroxylation sites is 7. The molecule has 0 atom stereocenters. The molecule has 16 aromatic carbocycles. The average Bonchev–Trinajstić information content (AvgIpc) is 1.60. The number of fused-ring (bicyclic) bond motifs is 15. The fourth-order valence-electron chi connectivity index (χ4n) is 15.9. The van der Waals surface area contributed by atoms with E-state index in [-0.39, 0.29) is 0 Å². The van der Waals surface area contributed by atoms with Gasteiger partial charge in [0.05, 0.1) is 44.1 Å². The smallest absolute Gasteiger partial charge is 0.143 e. The second-order valence-corrected chi connectivity index (χ2v) is 26.3. The van der Waals surface area contributed by atoms with Crippen LogP contribution in [0.2, 0.25) is 0 Å². The minimum atomic E-state index is 0.917. The van der Waals surface area contributed by atoms with E-state index < -0.39 is 0 Å². The van der Waals surface area contributed by atoms with E-state index in [0.717, 1.165) is 50.1 Å². The molecule has 5 heterocycles.